The van der Waals surface area contributed by atoms with Crippen LogP contribution in [0.1, 0.15) is 44.5 Å². The van der Waals surface area contributed by atoms with Gasteiger partial charge in [-0.2, -0.15) is 0 Å². The van der Waals surface area contributed by atoms with E-state index in [2.05, 4.69) is 16.0 Å². The topological polar surface area (TPSA) is 87.3 Å². The van der Waals surface area contributed by atoms with Crippen molar-refractivity contribution in [3.63, 3.8) is 0 Å². The van der Waals surface area contributed by atoms with E-state index < -0.39 is 17.3 Å². The molecule has 1 aliphatic carbocycles. The Morgan fingerprint density at radius 2 is 1.88 bits per heavy atom. The summed E-state index contributed by atoms with van der Waals surface area (Å²) in [5, 5.41) is 7.83. The third-order valence-corrected chi connectivity index (χ3v) is 3.85. The maximum absolute atomic E-state index is 13.5. The highest BCUT2D eigenvalue weighted by Crippen LogP contribution is 2.38. The SMILES string of the molecule is CC1CC1C(=O)Nc1ccc(F)cc1C(=O)NCC(=O)NC(C)(C)C. The van der Waals surface area contributed by atoms with Gasteiger partial charge in [0, 0.05) is 11.5 Å². The Balaban J connectivity index is 2.04. The maximum atomic E-state index is 13.5. The lowest BCUT2D eigenvalue weighted by Gasteiger charge is -2.20. The molecule has 0 radical (unpaired) electrons. The van der Waals surface area contributed by atoms with Gasteiger partial charge in [0.05, 0.1) is 17.8 Å². The summed E-state index contributed by atoms with van der Waals surface area (Å²) in [7, 11) is 0. The summed E-state index contributed by atoms with van der Waals surface area (Å²) in [5.41, 5.74) is -0.190. The summed E-state index contributed by atoms with van der Waals surface area (Å²) in [6.45, 7) is 7.21. The average Bonchev–Trinajstić information content (AvgIpc) is 3.22. The number of hydrogen-bond donors (Lipinski definition) is 3. The summed E-state index contributed by atoms with van der Waals surface area (Å²) >= 11 is 0. The van der Waals surface area contributed by atoms with Gasteiger partial charge in [-0.05, 0) is 51.3 Å². The van der Waals surface area contributed by atoms with Crippen LogP contribution in [0, 0.1) is 17.7 Å². The molecule has 2 unspecified atom stereocenters. The molecule has 1 aliphatic rings. The fraction of sp³-hybridized carbons (Fsp3) is 0.500. The van der Waals surface area contributed by atoms with E-state index in [1.807, 2.05) is 27.7 Å². The molecule has 136 valence electrons. The summed E-state index contributed by atoms with van der Waals surface area (Å²) in [6, 6.07) is 3.57. The number of hydrogen-bond acceptors (Lipinski definition) is 3. The van der Waals surface area contributed by atoms with E-state index >= 15 is 0 Å². The van der Waals surface area contributed by atoms with Crippen LogP contribution in [0.4, 0.5) is 10.1 Å². The monoisotopic (exact) mass is 349 g/mol. The smallest absolute Gasteiger partial charge is 0.253 e. The minimum Gasteiger partial charge on any atom is -0.350 e. The van der Waals surface area contributed by atoms with Crippen molar-refractivity contribution < 1.29 is 18.8 Å². The van der Waals surface area contributed by atoms with Crippen LogP contribution in [-0.4, -0.2) is 29.8 Å². The van der Waals surface area contributed by atoms with Gasteiger partial charge in [-0.15, -0.1) is 0 Å². The first kappa shape index (κ1) is 18.9. The standard InChI is InChI=1S/C18H24FN3O3/c1-10-7-12(10)17(25)21-14-6-5-11(19)8-13(14)16(24)20-9-15(23)22-18(2,3)4/h5-6,8,10,12H,7,9H2,1-4H3,(H,20,24)(H,21,25)(H,22,23). The molecule has 3 N–H and O–H groups in total. The lowest BCUT2D eigenvalue weighted by molar-refractivity contribution is -0.121. The number of rotatable bonds is 5. The van der Waals surface area contributed by atoms with Crippen molar-refractivity contribution in [2.24, 2.45) is 11.8 Å². The Kier molecular flexibility index (Phi) is 5.45. The largest absolute Gasteiger partial charge is 0.350 e. The molecule has 0 spiro atoms. The molecule has 2 rings (SSSR count). The zero-order valence-electron chi connectivity index (χ0n) is 14.9. The van der Waals surface area contributed by atoms with E-state index in [1.54, 1.807) is 0 Å². The summed E-state index contributed by atoms with van der Waals surface area (Å²) in [6.07, 6.45) is 0.807. The second-order valence-electron chi connectivity index (χ2n) is 7.48. The van der Waals surface area contributed by atoms with Crippen LogP contribution in [0.15, 0.2) is 18.2 Å². The normalized spacial score (nSPS) is 19.1. The van der Waals surface area contributed by atoms with Crippen LogP contribution in [-0.2, 0) is 9.59 Å². The highest BCUT2D eigenvalue weighted by atomic mass is 19.1. The van der Waals surface area contributed by atoms with Crippen molar-refractivity contribution in [1.29, 1.82) is 0 Å². The number of halogens is 1. The molecule has 0 saturated heterocycles. The third-order valence-electron chi connectivity index (χ3n) is 3.85. The van der Waals surface area contributed by atoms with E-state index in [9.17, 15) is 18.8 Å². The molecule has 1 aromatic carbocycles. The number of nitrogens with one attached hydrogen (secondary N) is 3. The van der Waals surface area contributed by atoms with Gasteiger partial charge < -0.3 is 16.0 Å². The lowest BCUT2D eigenvalue weighted by Crippen LogP contribution is -2.45. The molecule has 7 heteroatoms. The van der Waals surface area contributed by atoms with Crippen LogP contribution in [0.3, 0.4) is 0 Å². The van der Waals surface area contributed by atoms with Gasteiger partial charge in [-0.3, -0.25) is 14.4 Å². The Labute approximate surface area is 146 Å². The van der Waals surface area contributed by atoms with E-state index in [0.29, 0.717) is 5.92 Å². The second-order valence-corrected chi connectivity index (χ2v) is 7.48. The fourth-order valence-electron chi connectivity index (χ4n) is 2.44. The van der Waals surface area contributed by atoms with Gasteiger partial charge in [-0.1, -0.05) is 6.92 Å². The van der Waals surface area contributed by atoms with E-state index in [-0.39, 0.29) is 35.5 Å². The van der Waals surface area contributed by atoms with Gasteiger partial charge in [0.25, 0.3) is 5.91 Å². The molecule has 25 heavy (non-hydrogen) atoms. The van der Waals surface area contributed by atoms with E-state index in [0.717, 1.165) is 12.5 Å². The molecule has 3 amide bonds. The second kappa shape index (κ2) is 7.21. The van der Waals surface area contributed by atoms with E-state index in [4.69, 9.17) is 0 Å². The Morgan fingerprint density at radius 3 is 2.44 bits per heavy atom. The number of benzene rings is 1. The molecule has 2 atom stereocenters. The number of amides is 3. The van der Waals surface area contributed by atoms with Crippen LogP contribution in [0.25, 0.3) is 0 Å². The number of anilines is 1. The Bertz CT molecular complexity index is 697. The number of carbonyl (C=O) groups is 3. The van der Waals surface area contributed by atoms with Gasteiger partial charge in [0.2, 0.25) is 11.8 Å². The summed E-state index contributed by atoms with van der Waals surface area (Å²) in [5.74, 6) is -1.50. The van der Waals surface area contributed by atoms with E-state index in [1.165, 1.54) is 12.1 Å². The quantitative estimate of drug-likeness (QED) is 0.760. The summed E-state index contributed by atoms with van der Waals surface area (Å²) < 4.78 is 13.5. The van der Waals surface area contributed by atoms with Crippen LogP contribution in [0.2, 0.25) is 0 Å². The highest BCUT2D eigenvalue weighted by molar-refractivity contribution is 6.05. The zero-order chi connectivity index (χ0) is 18.8. The molecule has 0 aromatic heterocycles. The predicted octanol–water partition coefficient (Wildman–Crippen LogP) is 2.06. The minimum absolute atomic E-state index is 0.00906. The van der Waals surface area contributed by atoms with Crippen LogP contribution < -0.4 is 16.0 Å². The summed E-state index contributed by atoms with van der Waals surface area (Å²) in [4.78, 5) is 36.2. The van der Waals surface area contributed by atoms with Gasteiger partial charge >= 0.3 is 0 Å². The molecule has 6 nitrogen and oxygen atoms in total. The van der Waals surface area contributed by atoms with Gasteiger partial charge in [0.1, 0.15) is 5.82 Å². The van der Waals surface area contributed by atoms with Crippen molar-refractivity contribution in [2.45, 2.75) is 39.7 Å². The maximum Gasteiger partial charge on any atom is 0.253 e. The molecular weight excluding hydrogens is 325 g/mol. The van der Waals surface area contributed by atoms with Crippen LogP contribution in [0.5, 0.6) is 0 Å². The van der Waals surface area contributed by atoms with Gasteiger partial charge in [0.15, 0.2) is 0 Å². The lowest BCUT2D eigenvalue weighted by atomic mass is 10.1. The van der Waals surface area contributed by atoms with Crippen molar-refractivity contribution >= 4 is 23.4 Å². The first-order chi connectivity index (χ1) is 11.6. The molecular formula is C18H24FN3O3. The van der Waals surface area contributed by atoms with Crippen molar-refractivity contribution in [2.75, 3.05) is 11.9 Å². The Hall–Kier alpha value is -2.44. The Morgan fingerprint density at radius 1 is 1.24 bits per heavy atom. The van der Waals surface area contributed by atoms with Crippen LogP contribution >= 0.6 is 0 Å². The molecule has 1 saturated carbocycles. The number of carbonyl (C=O) groups excluding carboxylic acids is 3. The molecule has 0 heterocycles. The fourth-order valence-corrected chi connectivity index (χ4v) is 2.44. The first-order valence-corrected chi connectivity index (χ1v) is 8.26. The molecule has 0 bridgehead atoms. The third kappa shape index (κ3) is 5.55. The zero-order valence-corrected chi connectivity index (χ0v) is 14.9. The van der Waals surface area contributed by atoms with Crippen molar-refractivity contribution in [3.05, 3.63) is 29.6 Å². The molecule has 0 aliphatic heterocycles. The minimum atomic E-state index is -0.622. The highest BCUT2D eigenvalue weighted by Gasteiger charge is 2.39. The molecule has 1 fully saturated rings. The van der Waals surface area contributed by atoms with Crippen molar-refractivity contribution in [3.8, 4) is 0 Å². The average molecular weight is 349 g/mol. The predicted molar refractivity (Wildman–Crippen MR) is 92.5 cm³/mol. The first-order valence-electron chi connectivity index (χ1n) is 8.26. The van der Waals surface area contributed by atoms with Gasteiger partial charge in [-0.25, -0.2) is 4.39 Å². The van der Waals surface area contributed by atoms with Crippen molar-refractivity contribution in [1.82, 2.24) is 10.6 Å². The molecule has 1 aromatic rings.